The Kier molecular flexibility index (Phi) is 2.47. The van der Waals surface area contributed by atoms with Gasteiger partial charge in [-0.15, -0.1) is 12.8 Å². The third-order valence-corrected chi connectivity index (χ3v) is 1.54. The van der Waals surface area contributed by atoms with Crippen molar-refractivity contribution >= 4 is 0 Å². The Bertz CT molecular complexity index is 440. The molecule has 4 heteroatoms. The number of aromatic hydroxyl groups is 1. The quantitative estimate of drug-likeness (QED) is 0.624. The van der Waals surface area contributed by atoms with E-state index in [0.717, 1.165) is 4.57 Å². The third kappa shape index (κ3) is 1.57. The molecule has 0 saturated heterocycles. The molecule has 0 aliphatic rings. The molecule has 0 unspecified atom stereocenters. The van der Waals surface area contributed by atoms with Gasteiger partial charge in [-0.1, -0.05) is 11.8 Å². The van der Waals surface area contributed by atoms with Crippen molar-refractivity contribution in [3.05, 3.63) is 16.7 Å². The zero-order chi connectivity index (χ0) is 9.84. The van der Waals surface area contributed by atoms with Crippen LogP contribution in [0.25, 0.3) is 0 Å². The Morgan fingerprint density at radius 2 is 2.00 bits per heavy atom. The van der Waals surface area contributed by atoms with E-state index in [1.54, 1.807) is 0 Å². The van der Waals surface area contributed by atoms with Crippen molar-refractivity contribution in [2.75, 3.05) is 0 Å². The highest BCUT2D eigenvalue weighted by Crippen LogP contribution is 2.04. The summed E-state index contributed by atoms with van der Waals surface area (Å²) in [5, 5.41) is 9.25. The number of hydrogen-bond donors (Lipinski definition) is 1. The van der Waals surface area contributed by atoms with E-state index >= 15 is 0 Å². The first-order valence-electron chi connectivity index (χ1n) is 3.56. The second-order valence-electron chi connectivity index (χ2n) is 2.39. The van der Waals surface area contributed by atoms with E-state index in [1.165, 1.54) is 10.8 Å². The molecule has 1 aromatic rings. The van der Waals surface area contributed by atoms with Crippen LogP contribution in [0.15, 0.2) is 11.0 Å². The van der Waals surface area contributed by atoms with Crippen molar-refractivity contribution in [2.24, 2.45) is 0 Å². The Morgan fingerprint density at radius 1 is 1.38 bits per heavy atom. The molecule has 1 aromatic heterocycles. The third-order valence-electron chi connectivity index (χ3n) is 1.54. The summed E-state index contributed by atoms with van der Waals surface area (Å²) in [6.45, 7) is 0.173. The minimum Gasteiger partial charge on any atom is -0.493 e. The van der Waals surface area contributed by atoms with Gasteiger partial charge in [0, 0.05) is 0 Å². The lowest BCUT2D eigenvalue weighted by Crippen LogP contribution is -2.23. The molecule has 1 N–H and O–H groups in total. The van der Waals surface area contributed by atoms with Gasteiger partial charge in [-0.3, -0.25) is 9.13 Å². The number of rotatable bonds is 2. The Balaban J connectivity index is 3.18. The average molecular weight is 176 g/mol. The van der Waals surface area contributed by atoms with E-state index in [1.807, 2.05) is 0 Å². The molecule has 0 aliphatic heterocycles. The molecule has 1 heterocycles. The number of nitrogens with zero attached hydrogens (tertiary/aromatic N) is 2. The SMILES string of the molecule is C#CCn1cc(O)n(CC#C)c1=O. The molecule has 0 amide bonds. The topological polar surface area (TPSA) is 47.2 Å². The summed E-state index contributed by atoms with van der Waals surface area (Å²) >= 11 is 0. The van der Waals surface area contributed by atoms with E-state index in [0.29, 0.717) is 0 Å². The lowest BCUT2D eigenvalue weighted by Gasteiger charge is -1.93. The van der Waals surface area contributed by atoms with Crippen molar-refractivity contribution in [1.82, 2.24) is 9.13 Å². The smallest absolute Gasteiger partial charge is 0.332 e. The van der Waals surface area contributed by atoms with Crippen LogP contribution in [0.3, 0.4) is 0 Å². The summed E-state index contributed by atoms with van der Waals surface area (Å²) < 4.78 is 2.28. The second kappa shape index (κ2) is 3.55. The van der Waals surface area contributed by atoms with Gasteiger partial charge < -0.3 is 5.11 Å². The highest BCUT2D eigenvalue weighted by molar-refractivity contribution is 5.09. The van der Waals surface area contributed by atoms with Gasteiger partial charge >= 0.3 is 5.69 Å². The summed E-state index contributed by atoms with van der Waals surface area (Å²) in [4.78, 5) is 11.3. The molecule has 0 aromatic carbocycles. The van der Waals surface area contributed by atoms with Gasteiger partial charge in [0.05, 0.1) is 19.3 Å². The first-order valence-corrected chi connectivity index (χ1v) is 3.56. The van der Waals surface area contributed by atoms with Crippen LogP contribution < -0.4 is 5.69 Å². The van der Waals surface area contributed by atoms with Gasteiger partial charge in [-0.25, -0.2) is 4.79 Å². The van der Waals surface area contributed by atoms with Crippen molar-refractivity contribution in [3.8, 4) is 30.6 Å². The maximum Gasteiger partial charge on any atom is 0.332 e. The number of aromatic nitrogens is 2. The Labute approximate surface area is 75.4 Å². The molecule has 4 nitrogen and oxygen atoms in total. The zero-order valence-electron chi connectivity index (χ0n) is 6.90. The van der Waals surface area contributed by atoms with Crippen LogP contribution in [-0.2, 0) is 13.1 Å². The highest BCUT2D eigenvalue weighted by Gasteiger charge is 2.07. The molecule has 0 radical (unpaired) electrons. The molecule has 0 bridgehead atoms. The normalized spacial score (nSPS) is 9.08. The van der Waals surface area contributed by atoms with Crippen LogP contribution in [0.5, 0.6) is 5.88 Å². The van der Waals surface area contributed by atoms with E-state index in [4.69, 9.17) is 12.8 Å². The summed E-state index contributed by atoms with van der Waals surface area (Å²) in [6.07, 6.45) is 11.3. The molecule has 0 aliphatic carbocycles. The van der Waals surface area contributed by atoms with Gasteiger partial charge in [0.15, 0.2) is 0 Å². The summed E-state index contributed by atoms with van der Waals surface area (Å²) in [6, 6.07) is 0. The average Bonchev–Trinajstić information content (AvgIpc) is 2.34. The number of hydrogen-bond acceptors (Lipinski definition) is 2. The zero-order valence-corrected chi connectivity index (χ0v) is 6.90. The summed E-state index contributed by atoms with van der Waals surface area (Å²) in [5.41, 5.74) is -0.395. The van der Waals surface area contributed by atoms with Gasteiger partial charge in [-0.2, -0.15) is 0 Å². The van der Waals surface area contributed by atoms with Crippen LogP contribution in [0, 0.1) is 24.7 Å². The number of terminal acetylenes is 2. The minimum absolute atomic E-state index is 0.0439. The van der Waals surface area contributed by atoms with Crippen molar-refractivity contribution < 1.29 is 5.11 Å². The first kappa shape index (κ1) is 9.02. The molecule has 0 fully saturated rings. The molecule has 1 rings (SSSR count). The van der Waals surface area contributed by atoms with Crippen molar-refractivity contribution in [1.29, 1.82) is 0 Å². The molecule has 0 saturated carbocycles. The molecular weight excluding hydrogens is 168 g/mol. The lowest BCUT2D eigenvalue weighted by atomic mass is 10.6. The second-order valence-corrected chi connectivity index (χ2v) is 2.39. The monoisotopic (exact) mass is 176 g/mol. The molecular formula is C9H8N2O2. The Hall–Kier alpha value is -2.07. The standard InChI is InChI=1S/C9H8N2O2/c1-3-5-10-7-8(12)11(6-4-2)9(10)13/h1-2,7,12H,5-6H2. The van der Waals surface area contributed by atoms with E-state index in [-0.39, 0.29) is 19.0 Å². The van der Waals surface area contributed by atoms with Gasteiger partial charge in [-0.05, 0) is 0 Å². The van der Waals surface area contributed by atoms with E-state index in [2.05, 4.69) is 11.8 Å². The van der Waals surface area contributed by atoms with Crippen LogP contribution in [0.4, 0.5) is 0 Å². The van der Waals surface area contributed by atoms with Crippen LogP contribution in [0.2, 0.25) is 0 Å². The molecule has 0 atom stereocenters. The summed E-state index contributed by atoms with van der Waals surface area (Å²) in [7, 11) is 0. The largest absolute Gasteiger partial charge is 0.493 e. The maximum atomic E-state index is 11.3. The number of imidazole rings is 1. The predicted octanol–water partition coefficient (Wildman–Crippen LogP) is -0.378. The minimum atomic E-state index is -0.395. The van der Waals surface area contributed by atoms with Gasteiger partial charge in [0.25, 0.3) is 0 Å². The predicted molar refractivity (Wildman–Crippen MR) is 48.0 cm³/mol. The summed E-state index contributed by atoms with van der Waals surface area (Å²) in [5.74, 6) is 4.39. The Morgan fingerprint density at radius 3 is 2.54 bits per heavy atom. The van der Waals surface area contributed by atoms with Gasteiger partial charge in [0.2, 0.25) is 5.88 Å². The first-order chi connectivity index (χ1) is 6.20. The van der Waals surface area contributed by atoms with Crippen LogP contribution in [0.1, 0.15) is 0 Å². The van der Waals surface area contributed by atoms with Crippen LogP contribution in [-0.4, -0.2) is 14.2 Å². The van der Waals surface area contributed by atoms with Crippen LogP contribution >= 0.6 is 0 Å². The highest BCUT2D eigenvalue weighted by atomic mass is 16.3. The fraction of sp³-hybridized carbons (Fsp3) is 0.222. The fourth-order valence-electron chi connectivity index (χ4n) is 0.969. The molecule has 0 spiro atoms. The van der Waals surface area contributed by atoms with Crippen molar-refractivity contribution in [3.63, 3.8) is 0 Å². The van der Waals surface area contributed by atoms with Crippen molar-refractivity contribution in [2.45, 2.75) is 13.1 Å². The van der Waals surface area contributed by atoms with E-state index in [9.17, 15) is 9.90 Å². The molecule has 13 heavy (non-hydrogen) atoms. The maximum absolute atomic E-state index is 11.3. The van der Waals surface area contributed by atoms with Gasteiger partial charge in [0.1, 0.15) is 0 Å². The van der Waals surface area contributed by atoms with E-state index < -0.39 is 5.69 Å². The lowest BCUT2D eigenvalue weighted by molar-refractivity contribution is 0.424. The molecule has 66 valence electrons. The fourth-order valence-corrected chi connectivity index (χ4v) is 0.969.